The first-order valence-electron chi connectivity index (χ1n) is 9.96. The van der Waals surface area contributed by atoms with E-state index in [0.29, 0.717) is 35.4 Å². The van der Waals surface area contributed by atoms with Gasteiger partial charge in [0.25, 0.3) is 0 Å². The lowest BCUT2D eigenvalue weighted by Crippen LogP contribution is -2.19. The highest BCUT2D eigenvalue weighted by molar-refractivity contribution is 5.94. The monoisotopic (exact) mass is 418 g/mol. The average Bonchev–Trinajstić information content (AvgIpc) is 3.19. The number of fused-ring (bicyclic) bond motifs is 1. The summed E-state index contributed by atoms with van der Waals surface area (Å²) < 4.78 is 11.3. The van der Waals surface area contributed by atoms with Gasteiger partial charge in [-0.2, -0.15) is 0 Å². The standard InChI is InChI=1S/C23H26N6O2/c1-29(2)10-11-31-21-13-22(30-3)20(12-17(21)24)28-23-25-9-8-19(27-23)16-14-26-18-7-5-4-6-15(16)18/h4-9,12-14,26H,10-11,24H2,1-3H3,(H,25,27,28). The topological polar surface area (TPSA) is 101 Å². The molecule has 2 heterocycles. The molecule has 0 radical (unpaired) electrons. The summed E-state index contributed by atoms with van der Waals surface area (Å²) in [6.07, 6.45) is 3.68. The van der Waals surface area contributed by atoms with Crippen LogP contribution >= 0.6 is 0 Å². The summed E-state index contributed by atoms with van der Waals surface area (Å²) in [4.78, 5) is 14.4. The van der Waals surface area contributed by atoms with Crippen molar-refractivity contribution in [2.24, 2.45) is 0 Å². The Morgan fingerprint density at radius 1 is 1.13 bits per heavy atom. The number of nitrogens with one attached hydrogen (secondary N) is 2. The third-order valence-corrected chi connectivity index (χ3v) is 4.90. The molecular weight excluding hydrogens is 392 g/mol. The normalized spacial score (nSPS) is 11.1. The van der Waals surface area contributed by atoms with E-state index in [4.69, 9.17) is 15.2 Å². The second-order valence-electron chi connectivity index (χ2n) is 7.38. The van der Waals surface area contributed by atoms with Crippen LogP contribution in [-0.4, -0.2) is 54.2 Å². The summed E-state index contributed by atoms with van der Waals surface area (Å²) in [6.45, 7) is 1.32. The van der Waals surface area contributed by atoms with Gasteiger partial charge in [0.1, 0.15) is 18.1 Å². The molecule has 8 heteroatoms. The molecule has 0 fully saturated rings. The molecule has 31 heavy (non-hydrogen) atoms. The maximum atomic E-state index is 6.21. The van der Waals surface area contributed by atoms with E-state index in [1.165, 1.54) is 0 Å². The van der Waals surface area contributed by atoms with Crippen LogP contribution in [0.4, 0.5) is 17.3 Å². The summed E-state index contributed by atoms with van der Waals surface area (Å²) in [5.41, 5.74) is 10.3. The molecule has 4 N–H and O–H groups in total. The molecule has 160 valence electrons. The molecule has 0 aliphatic heterocycles. The lowest BCUT2D eigenvalue weighted by molar-refractivity contribution is 0.261. The molecule has 0 aliphatic rings. The summed E-state index contributed by atoms with van der Waals surface area (Å²) in [6, 6.07) is 13.5. The predicted octanol–water partition coefficient (Wildman–Crippen LogP) is 3.90. The van der Waals surface area contributed by atoms with Gasteiger partial charge in [0, 0.05) is 41.5 Å². The molecule has 0 saturated heterocycles. The Kier molecular flexibility index (Phi) is 5.90. The van der Waals surface area contributed by atoms with E-state index in [1.54, 1.807) is 25.4 Å². The number of likely N-dealkylation sites (N-methyl/N-ethyl adjacent to an activating group) is 1. The second-order valence-corrected chi connectivity index (χ2v) is 7.38. The van der Waals surface area contributed by atoms with Gasteiger partial charge >= 0.3 is 0 Å². The van der Waals surface area contributed by atoms with E-state index in [1.807, 2.05) is 49.5 Å². The van der Waals surface area contributed by atoms with Gasteiger partial charge in [-0.15, -0.1) is 0 Å². The predicted molar refractivity (Wildman–Crippen MR) is 124 cm³/mol. The largest absolute Gasteiger partial charge is 0.494 e. The highest BCUT2D eigenvalue weighted by atomic mass is 16.5. The van der Waals surface area contributed by atoms with Crippen molar-refractivity contribution in [2.45, 2.75) is 0 Å². The highest BCUT2D eigenvalue weighted by Gasteiger charge is 2.13. The van der Waals surface area contributed by atoms with Crippen molar-refractivity contribution in [1.82, 2.24) is 19.9 Å². The van der Waals surface area contributed by atoms with E-state index in [0.717, 1.165) is 28.7 Å². The Morgan fingerprint density at radius 3 is 2.77 bits per heavy atom. The summed E-state index contributed by atoms with van der Waals surface area (Å²) in [5.74, 6) is 1.62. The van der Waals surface area contributed by atoms with Crippen molar-refractivity contribution >= 4 is 28.2 Å². The maximum Gasteiger partial charge on any atom is 0.227 e. The van der Waals surface area contributed by atoms with Crippen LogP contribution < -0.4 is 20.5 Å². The SMILES string of the molecule is COc1cc(OCCN(C)C)c(N)cc1Nc1nccc(-c2c[nH]c3ccccc23)n1. The third kappa shape index (κ3) is 4.54. The van der Waals surface area contributed by atoms with Crippen molar-refractivity contribution in [3.05, 3.63) is 54.9 Å². The molecule has 2 aromatic heterocycles. The number of hydrogen-bond acceptors (Lipinski definition) is 7. The van der Waals surface area contributed by atoms with Crippen molar-refractivity contribution in [1.29, 1.82) is 0 Å². The Hall–Kier alpha value is -3.78. The lowest BCUT2D eigenvalue weighted by atomic mass is 10.1. The first-order chi connectivity index (χ1) is 15.0. The van der Waals surface area contributed by atoms with Gasteiger partial charge in [-0.25, -0.2) is 9.97 Å². The number of aromatic amines is 1. The van der Waals surface area contributed by atoms with Crippen molar-refractivity contribution in [3.63, 3.8) is 0 Å². The quantitative estimate of drug-likeness (QED) is 0.373. The Morgan fingerprint density at radius 2 is 1.97 bits per heavy atom. The molecule has 0 unspecified atom stereocenters. The number of nitrogens with two attached hydrogens (primary N) is 1. The fraction of sp³-hybridized carbons (Fsp3) is 0.217. The van der Waals surface area contributed by atoms with Gasteiger partial charge in [-0.3, -0.25) is 0 Å². The zero-order valence-corrected chi connectivity index (χ0v) is 17.8. The number of methoxy groups -OCH3 is 1. The fourth-order valence-electron chi connectivity index (χ4n) is 3.28. The van der Waals surface area contributed by atoms with Gasteiger partial charge in [0.2, 0.25) is 5.95 Å². The van der Waals surface area contributed by atoms with E-state index < -0.39 is 0 Å². The molecule has 0 amide bonds. The number of nitrogen functional groups attached to an aromatic ring is 1. The van der Waals surface area contributed by atoms with Gasteiger partial charge in [0.15, 0.2) is 0 Å². The third-order valence-electron chi connectivity index (χ3n) is 4.90. The number of ether oxygens (including phenoxy) is 2. The second kappa shape index (κ2) is 8.93. The number of H-pyrrole nitrogens is 1. The molecule has 0 spiro atoms. The van der Waals surface area contributed by atoms with Crippen LogP contribution in [0.3, 0.4) is 0 Å². The molecule has 0 saturated carbocycles. The number of anilines is 3. The zero-order chi connectivity index (χ0) is 21.8. The smallest absolute Gasteiger partial charge is 0.227 e. The Balaban J connectivity index is 1.59. The van der Waals surface area contributed by atoms with Gasteiger partial charge in [-0.05, 0) is 32.3 Å². The van der Waals surface area contributed by atoms with E-state index >= 15 is 0 Å². The summed E-state index contributed by atoms with van der Waals surface area (Å²) >= 11 is 0. The van der Waals surface area contributed by atoms with Crippen LogP contribution in [0.5, 0.6) is 11.5 Å². The molecular formula is C23H26N6O2. The minimum absolute atomic E-state index is 0.446. The van der Waals surface area contributed by atoms with E-state index in [-0.39, 0.29) is 0 Å². The van der Waals surface area contributed by atoms with Crippen LogP contribution in [0, 0.1) is 0 Å². The number of hydrogen-bond donors (Lipinski definition) is 3. The van der Waals surface area contributed by atoms with Crippen LogP contribution in [0.15, 0.2) is 54.9 Å². The van der Waals surface area contributed by atoms with Gasteiger partial charge in [0.05, 0.1) is 24.2 Å². The summed E-state index contributed by atoms with van der Waals surface area (Å²) in [7, 11) is 5.58. The number of nitrogens with zero attached hydrogens (tertiary/aromatic N) is 3. The first-order valence-corrected chi connectivity index (χ1v) is 9.96. The minimum atomic E-state index is 0.446. The number of para-hydroxylation sites is 1. The number of benzene rings is 2. The summed E-state index contributed by atoms with van der Waals surface area (Å²) in [5, 5.41) is 4.32. The molecule has 8 nitrogen and oxygen atoms in total. The van der Waals surface area contributed by atoms with Crippen molar-refractivity contribution < 1.29 is 9.47 Å². The lowest BCUT2D eigenvalue weighted by Gasteiger charge is -2.16. The molecule has 4 aromatic rings. The fourth-order valence-corrected chi connectivity index (χ4v) is 3.28. The van der Waals surface area contributed by atoms with Crippen LogP contribution in [0.2, 0.25) is 0 Å². The van der Waals surface area contributed by atoms with Crippen LogP contribution in [-0.2, 0) is 0 Å². The van der Waals surface area contributed by atoms with Crippen molar-refractivity contribution in [3.8, 4) is 22.8 Å². The van der Waals surface area contributed by atoms with Gasteiger partial charge < -0.3 is 30.4 Å². The molecule has 4 rings (SSSR count). The minimum Gasteiger partial charge on any atom is -0.494 e. The molecule has 2 aromatic carbocycles. The Labute approximate surface area is 181 Å². The van der Waals surface area contributed by atoms with Crippen LogP contribution in [0.1, 0.15) is 0 Å². The highest BCUT2D eigenvalue weighted by Crippen LogP contribution is 2.36. The number of aromatic nitrogens is 3. The van der Waals surface area contributed by atoms with Crippen LogP contribution in [0.25, 0.3) is 22.2 Å². The molecule has 0 atom stereocenters. The average molecular weight is 419 g/mol. The molecule has 0 bridgehead atoms. The van der Waals surface area contributed by atoms with Crippen molar-refractivity contribution in [2.75, 3.05) is 45.4 Å². The van der Waals surface area contributed by atoms with Gasteiger partial charge in [-0.1, -0.05) is 18.2 Å². The number of rotatable bonds is 8. The Bertz CT molecular complexity index is 1190. The van der Waals surface area contributed by atoms with E-state index in [9.17, 15) is 0 Å². The zero-order valence-electron chi connectivity index (χ0n) is 17.8. The van der Waals surface area contributed by atoms with E-state index in [2.05, 4.69) is 26.3 Å². The first kappa shape index (κ1) is 20.5. The maximum absolute atomic E-state index is 6.21. The molecule has 0 aliphatic carbocycles.